The highest BCUT2D eigenvalue weighted by Gasteiger charge is 2.06. The van der Waals surface area contributed by atoms with Crippen molar-refractivity contribution >= 4 is 0 Å². The van der Waals surface area contributed by atoms with Crippen molar-refractivity contribution in [2.45, 2.75) is 19.6 Å². The Morgan fingerprint density at radius 1 is 1.05 bits per heavy atom. The number of hydrogen-bond acceptors (Lipinski definition) is 3. The molecule has 0 aliphatic heterocycles. The van der Waals surface area contributed by atoms with E-state index >= 15 is 0 Å². The molecule has 0 aliphatic carbocycles. The van der Waals surface area contributed by atoms with Crippen molar-refractivity contribution < 1.29 is 9.84 Å². The first kappa shape index (κ1) is 13.4. The molecule has 2 aromatic carbocycles. The van der Waals surface area contributed by atoms with Gasteiger partial charge in [0.2, 0.25) is 0 Å². The monoisotopic (exact) mass is 257 g/mol. The highest BCUT2D eigenvalue weighted by molar-refractivity contribution is 5.38. The maximum atomic E-state index is 9.62. The van der Waals surface area contributed by atoms with Gasteiger partial charge < -0.3 is 15.2 Å². The second kappa shape index (κ2) is 6.81. The summed E-state index contributed by atoms with van der Waals surface area (Å²) >= 11 is 0. The smallest absolute Gasteiger partial charge is 0.161 e. The standard InChI is InChI=1S/C16H19NO2/c1-13(19-16-10-6-5-9-15(16)18)11-17-12-14-7-3-2-4-8-14/h2-10,13,17-18H,11-12H2,1H3. The quantitative estimate of drug-likeness (QED) is 0.836. The first-order chi connectivity index (χ1) is 9.25. The van der Waals surface area contributed by atoms with Crippen molar-refractivity contribution in [3.63, 3.8) is 0 Å². The molecular weight excluding hydrogens is 238 g/mol. The predicted octanol–water partition coefficient (Wildman–Crippen LogP) is 2.95. The highest BCUT2D eigenvalue weighted by Crippen LogP contribution is 2.25. The molecule has 0 saturated heterocycles. The van der Waals surface area contributed by atoms with Gasteiger partial charge in [-0.15, -0.1) is 0 Å². The molecule has 2 rings (SSSR count). The lowest BCUT2D eigenvalue weighted by molar-refractivity contribution is 0.208. The summed E-state index contributed by atoms with van der Waals surface area (Å²) in [6.45, 7) is 3.52. The SMILES string of the molecule is CC(CNCc1ccccc1)Oc1ccccc1O. The Kier molecular flexibility index (Phi) is 4.81. The van der Waals surface area contributed by atoms with E-state index in [0.717, 1.165) is 13.1 Å². The molecule has 1 unspecified atom stereocenters. The van der Waals surface area contributed by atoms with Crippen LogP contribution in [-0.4, -0.2) is 17.8 Å². The van der Waals surface area contributed by atoms with Gasteiger partial charge in [-0.25, -0.2) is 0 Å². The van der Waals surface area contributed by atoms with E-state index < -0.39 is 0 Å². The van der Waals surface area contributed by atoms with E-state index in [-0.39, 0.29) is 11.9 Å². The van der Waals surface area contributed by atoms with Gasteiger partial charge in [-0.05, 0) is 24.6 Å². The van der Waals surface area contributed by atoms with Crippen molar-refractivity contribution in [1.29, 1.82) is 0 Å². The second-order valence-corrected chi connectivity index (χ2v) is 4.51. The van der Waals surface area contributed by atoms with Gasteiger partial charge in [-0.3, -0.25) is 0 Å². The molecular formula is C16H19NO2. The predicted molar refractivity (Wildman–Crippen MR) is 76.3 cm³/mol. The summed E-state index contributed by atoms with van der Waals surface area (Å²) in [5, 5.41) is 13.0. The van der Waals surface area contributed by atoms with Gasteiger partial charge >= 0.3 is 0 Å². The van der Waals surface area contributed by atoms with Crippen LogP contribution in [0.25, 0.3) is 0 Å². The Morgan fingerprint density at radius 3 is 2.47 bits per heavy atom. The molecule has 3 nitrogen and oxygen atoms in total. The van der Waals surface area contributed by atoms with Crippen molar-refractivity contribution in [1.82, 2.24) is 5.32 Å². The Balaban J connectivity index is 1.76. The molecule has 0 fully saturated rings. The molecule has 0 heterocycles. The molecule has 2 aromatic rings. The Morgan fingerprint density at radius 2 is 1.74 bits per heavy atom. The van der Waals surface area contributed by atoms with E-state index in [9.17, 15) is 5.11 Å². The first-order valence-corrected chi connectivity index (χ1v) is 6.45. The van der Waals surface area contributed by atoms with E-state index in [1.807, 2.05) is 31.2 Å². The van der Waals surface area contributed by atoms with Gasteiger partial charge in [0.25, 0.3) is 0 Å². The first-order valence-electron chi connectivity index (χ1n) is 6.45. The minimum atomic E-state index is -0.00277. The molecule has 100 valence electrons. The van der Waals surface area contributed by atoms with E-state index in [2.05, 4.69) is 17.4 Å². The lowest BCUT2D eigenvalue weighted by atomic mass is 10.2. The van der Waals surface area contributed by atoms with Crippen molar-refractivity contribution in [3.8, 4) is 11.5 Å². The topological polar surface area (TPSA) is 41.5 Å². The zero-order valence-electron chi connectivity index (χ0n) is 11.0. The summed E-state index contributed by atoms with van der Waals surface area (Å²) in [6, 6.07) is 17.2. The second-order valence-electron chi connectivity index (χ2n) is 4.51. The van der Waals surface area contributed by atoms with Crippen LogP contribution in [0.1, 0.15) is 12.5 Å². The third kappa shape index (κ3) is 4.30. The van der Waals surface area contributed by atoms with E-state index in [1.165, 1.54) is 5.56 Å². The van der Waals surface area contributed by atoms with Gasteiger partial charge in [0, 0.05) is 13.1 Å². The Bertz CT molecular complexity index is 499. The van der Waals surface area contributed by atoms with Crippen LogP contribution in [-0.2, 0) is 6.54 Å². The van der Waals surface area contributed by atoms with Crippen molar-refractivity contribution in [2.75, 3.05) is 6.54 Å². The lowest BCUT2D eigenvalue weighted by Crippen LogP contribution is -2.28. The number of nitrogens with one attached hydrogen (secondary N) is 1. The average Bonchev–Trinajstić information content (AvgIpc) is 2.43. The third-order valence-electron chi connectivity index (χ3n) is 2.80. The summed E-state index contributed by atoms with van der Waals surface area (Å²) in [5.74, 6) is 0.703. The number of hydrogen-bond donors (Lipinski definition) is 2. The summed E-state index contributed by atoms with van der Waals surface area (Å²) in [5.41, 5.74) is 1.25. The van der Waals surface area contributed by atoms with Crippen molar-refractivity contribution in [3.05, 3.63) is 60.2 Å². The Hall–Kier alpha value is -2.00. The summed E-state index contributed by atoms with van der Waals surface area (Å²) < 4.78 is 5.67. The molecule has 3 heteroatoms. The fourth-order valence-corrected chi connectivity index (χ4v) is 1.83. The molecule has 2 N–H and O–H groups in total. The number of phenolic OH excluding ortho intramolecular Hbond substituents is 1. The maximum Gasteiger partial charge on any atom is 0.161 e. The minimum Gasteiger partial charge on any atom is -0.504 e. The van der Waals surface area contributed by atoms with Gasteiger partial charge in [0.05, 0.1) is 0 Å². The third-order valence-corrected chi connectivity index (χ3v) is 2.80. The minimum absolute atomic E-state index is 0.00277. The van der Waals surface area contributed by atoms with Crippen LogP contribution >= 0.6 is 0 Å². The molecule has 0 saturated carbocycles. The number of rotatable bonds is 6. The van der Waals surface area contributed by atoms with Crippen molar-refractivity contribution in [2.24, 2.45) is 0 Å². The van der Waals surface area contributed by atoms with Crippen LogP contribution in [0.5, 0.6) is 11.5 Å². The van der Waals surface area contributed by atoms with Gasteiger partial charge in [-0.2, -0.15) is 0 Å². The molecule has 0 radical (unpaired) electrons. The Labute approximate surface area is 113 Å². The van der Waals surface area contributed by atoms with E-state index in [0.29, 0.717) is 5.75 Å². The fourth-order valence-electron chi connectivity index (χ4n) is 1.83. The molecule has 0 amide bonds. The van der Waals surface area contributed by atoms with Crippen LogP contribution < -0.4 is 10.1 Å². The van der Waals surface area contributed by atoms with Crippen LogP contribution in [0.15, 0.2) is 54.6 Å². The van der Waals surface area contributed by atoms with Gasteiger partial charge in [0.15, 0.2) is 11.5 Å². The van der Waals surface area contributed by atoms with Gasteiger partial charge in [0.1, 0.15) is 6.10 Å². The van der Waals surface area contributed by atoms with Crippen LogP contribution in [0.4, 0.5) is 0 Å². The molecule has 0 bridgehead atoms. The number of para-hydroxylation sites is 2. The van der Waals surface area contributed by atoms with E-state index in [4.69, 9.17) is 4.74 Å². The molecule has 1 atom stereocenters. The van der Waals surface area contributed by atoms with Gasteiger partial charge in [-0.1, -0.05) is 42.5 Å². The molecule has 0 spiro atoms. The molecule has 19 heavy (non-hydrogen) atoms. The summed E-state index contributed by atoms with van der Waals surface area (Å²) in [6.07, 6.45) is -0.00277. The average molecular weight is 257 g/mol. The summed E-state index contributed by atoms with van der Waals surface area (Å²) in [4.78, 5) is 0. The van der Waals surface area contributed by atoms with E-state index in [1.54, 1.807) is 18.2 Å². The number of phenols is 1. The zero-order chi connectivity index (χ0) is 13.5. The lowest BCUT2D eigenvalue weighted by Gasteiger charge is -2.16. The number of aromatic hydroxyl groups is 1. The molecule has 0 aliphatic rings. The maximum absolute atomic E-state index is 9.62. The number of benzene rings is 2. The number of ether oxygens (including phenoxy) is 1. The molecule has 0 aromatic heterocycles. The normalized spacial score (nSPS) is 12.1. The fraction of sp³-hybridized carbons (Fsp3) is 0.250. The summed E-state index contributed by atoms with van der Waals surface area (Å²) in [7, 11) is 0. The zero-order valence-corrected chi connectivity index (χ0v) is 11.0. The largest absolute Gasteiger partial charge is 0.504 e. The van der Waals surface area contributed by atoms with Crippen LogP contribution in [0, 0.1) is 0 Å². The van der Waals surface area contributed by atoms with Crippen LogP contribution in [0.3, 0.4) is 0 Å². The highest BCUT2D eigenvalue weighted by atomic mass is 16.5. The van der Waals surface area contributed by atoms with Crippen LogP contribution in [0.2, 0.25) is 0 Å².